The summed E-state index contributed by atoms with van der Waals surface area (Å²) >= 11 is 0. The highest BCUT2D eigenvalue weighted by atomic mass is 16.1. The fourth-order valence-corrected chi connectivity index (χ4v) is 4.82. The third kappa shape index (κ3) is 4.78. The van der Waals surface area contributed by atoms with Gasteiger partial charge in [0.1, 0.15) is 0 Å². The molecular formula is C26H37N7O. The first-order valence-corrected chi connectivity index (χ1v) is 12.4. The Morgan fingerprint density at radius 1 is 1.24 bits per heavy atom. The van der Waals surface area contributed by atoms with Gasteiger partial charge < -0.3 is 15.6 Å². The fraction of sp³-hybridized carbons (Fsp3) is 0.538. The van der Waals surface area contributed by atoms with Crippen LogP contribution in [0, 0.1) is 0 Å². The van der Waals surface area contributed by atoms with E-state index in [1.54, 1.807) is 6.92 Å². The summed E-state index contributed by atoms with van der Waals surface area (Å²) in [6.07, 6.45) is 4.28. The van der Waals surface area contributed by atoms with Crippen molar-refractivity contribution in [2.75, 3.05) is 5.32 Å². The number of benzene rings is 1. The summed E-state index contributed by atoms with van der Waals surface area (Å²) in [6, 6.07) is 7.92. The SMILES string of the molecule is CC(=O)c1ccccc1CNc1nc(=NC2CCCCC2N)n(C(C)C)c2c(C(C)C)[nH]nc12. The average Bonchev–Trinajstić information content (AvgIpc) is 3.24. The van der Waals surface area contributed by atoms with Crippen molar-refractivity contribution >= 4 is 22.6 Å². The van der Waals surface area contributed by atoms with Crippen molar-refractivity contribution in [2.45, 2.75) is 90.9 Å². The number of fused-ring (bicyclic) bond motifs is 1. The number of hydrogen-bond donors (Lipinski definition) is 3. The Bertz CT molecular complexity index is 1240. The van der Waals surface area contributed by atoms with Crippen molar-refractivity contribution in [1.29, 1.82) is 0 Å². The number of H-pyrrole nitrogens is 1. The molecule has 34 heavy (non-hydrogen) atoms. The van der Waals surface area contributed by atoms with E-state index in [0.29, 0.717) is 23.5 Å². The van der Waals surface area contributed by atoms with Crippen LogP contribution < -0.4 is 16.7 Å². The van der Waals surface area contributed by atoms with Crippen molar-refractivity contribution in [3.63, 3.8) is 0 Å². The predicted molar refractivity (Wildman–Crippen MR) is 136 cm³/mol. The van der Waals surface area contributed by atoms with Crippen molar-refractivity contribution in [3.8, 4) is 0 Å². The summed E-state index contributed by atoms with van der Waals surface area (Å²) in [5.41, 5.74) is 11.6. The smallest absolute Gasteiger partial charge is 0.227 e. The van der Waals surface area contributed by atoms with Gasteiger partial charge in [0.2, 0.25) is 5.62 Å². The number of rotatable bonds is 7. The lowest BCUT2D eigenvalue weighted by Gasteiger charge is -2.25. The molecular weight excluding hydrogens is 426 g/mol. The lowest BCUT2D eigenvalue weighted by atomic mass is 9.91. The number of aromatic nitrogens is 4. The number of ketones is 1. The summed E-state index contributed by atoms with van der Waals surface area (Å²) in [5.74, 6) is 0.968. The number of hydrogen-bond acceptors (Lipinski definition) is 6. The third-order valence-electron chi connectivity index (χ3n) is 6.66. The van der Waals surface area contributed by atoms with Crippen LogP contribution in [0.1, 0.15) is 93.9 Å². The number of aromatic amines is 1. The second kappa shape index (κ2) is 10.1. The first-order chi connectivity index (χ1) is 16.3. The normalized spacial score (nSPS) is 19.4. The van der Waals surface area contributed by atoms with Crippen LogP contribution in [0.5, 0.6) is 0 Å². The minimum Gasteiger partial charge on any atom is -0.364 e. The Kier molecular flexibility index (Phi) is 7.16. The van der Waals surface area contributed by atoms with Crippen LogP contribution in [0.4, 0.5) is 5.82 Å². The lowest BCUT2D eigenvalue weighted by molar-refractivity contribution is 0.101. The second-order valence-electron chi connectivity index (χ2n) is 9.93. The highest BCUT2D eigenvalue weighted by molar-refractivity contribution is 5.95. The molecule has 3 aromatic rings. The minimum absolute atomic E-state index is 0.0463. The van der Waals surface area contributed by atoms with Crippen molar-refractivity contribution in [1.82, 2.24) is 19.7 Å². The molecule has 0 amide bonds. The number of anilines is 1. The first kappa shape index (κ1) is 24.1. The van der Waals surface area contributed by atoms with Gasteiger partial charge in [-0.2, -0.15) is 10.1 Å². The molecule has 2 heterocycles. The molecule has 4 N–H and O–H groups in total. The molecule has 8 nitrogen and oxygen atoms in total. The molecule has 0 saturated heterocycles. The molecule has 8 heteroatoms. The molecule has 2 atom stereocenters. The Morgan fingerprint density at radius 3 is 2.65 bits per heavy atom. The summed E-state index contributed by atoms with van der Waals surface area (Å²) in [7, 11) is 0. The van der Waals surface area contributed by atoms with Crippen molar-refractivity contribution < 1.29 is 4.79 Å². The third-order valence-corrected chi connectivity index (χ3v) is 6.66. The highest BCUT2D eigenvalue weighted by Crippen LogP contribution is 2.28. The van der Waals surface area contributed by atoms with E-state index < -0.39 is 0 Å². The van der Waals surface area contributed by atoms with E-state index in [9.17, 15) is 4.79 Å². The molecule has 0 bridgehead atoms. The van der Waals surface area contributed by atoms with E-state index in [1.165, 1.54) is 0 Å². The summed E-state index contributed by atoms with van der Waals surface area (Å²) in [4.78, 5) is 22.2. The van der Waals surface area contributed by atoms with Crippen LogP contribution in [-0.4, -0.2) is 37.6 Å². The van der Waals surface area contributed by atoms with Gasteiger partial charge in [-0.05, 0) is 45.1 Å². The van der Waals surface area contributed by atoms with Crippen LogP contribution in [0.2, 0.25) is 0 Å². The van der Waals surface area contributed by atoms with Gasteiger partial charge in [-0.3, -0.25) is 9.89 Å². The number of carbonyl (C=O) groups is 1. The molecule has 0 aliphatic heterocycles. The number of nitrogens with zero attached hydrogens (tertiary/aromatic N) is 4. The van der Waals surface area contributed by atoms with Crippen LogP contribution in [0.15, 0.2) is 29.3 Å². The van der Waals surface area contributed by atoms with Gasteiger partial charge in [0.25, 0.3) is 0 Å². The standard InChI is InChI=1S/C26H37N7O/c1-15(2)22-24-23(32-31-22)25(28-14-18-10-6-7-11-19(18)17(5)34)30-26(33(24)16(3)4)29-21-13-9-8-12-20(21)27/h6-7,10-11,15-16,20-21H,8-9,12-14,27H2,1-5H3,(H,31,32)(H,28,29,30). The zero-order valence-electron chi connectivity index (χ0n) is 20.9. The molecule has 0 radical (unpaired) electrons. The molecule has 1 aliphatic rings. The molecule has 2 aromatic heterocycles. The maximum absolute atomic E-state index is 12.1. The zero-order valence-corrected chi connectivity index (χ0v) is 20.9. The first-order valence-electron chi connectivity index (χ1n) is 12.4. The van der Waals surface area contributed by atoms with Crippen LogP contribution in [0.25, 0.3) is 11.0 Å². The van der Waals surface area contributed by atoms with Gasteiger partial charge in [-0.1, -0.05) is 51.0 Å². The van der Waals surface area contributed by atoms with E-state index >= 15 is 0 Å². The maximum Gasteiger partial charge on any atom is 0.227 e. The fourth-order valence-electron chi connectivity index (χ4n) is 4.82. The van der Waals surface area contributed by atoms with Gasteiger partial charge in [0, 0.05) is 24.2 Å². The van der Waals surface area contributed by atoms with E-state index in [1.807, 2.05) is 24.3 Å². The molecule has 1 fully saturated rings. The van der Waals surface area contributed by atoms with E-state index in [4.69, 9.17) is 15.7 Å². The molecule has 182 valence electrons. The molecule has 0 spiro atoms. The quantitative estimate of drug-likeness (QED) is 0.448. The Balaban J connectivity index is 1.87. The van der Waals surface area contributed by atoms with Crippen LogP contribution in [0.3, 0.4) is 0 Å². The minimum atomic E-state index is 0.0463. The second-order valence-corrected chi connectivity index (χ2v) is 9.93. The molecule has 1 saturated carbocycles. The Morgan fingerprint density at radius 2 is 1.97 bits per heavy atom. The lowest BCUT2D eigenvalue weighted by Crippen LogP contribution is -2.39. The van der Waals surface area contributed by atoms with Crippen LogP contribution in [-0.2, 0) is 6.54 Å². The Hall–Kier alpha value is -3.00. The van der Waals surface area contributed by atoms with Crippen LogP contribution >= 0.6 is 0 Å². The molecule has 1 aromatic carbocycles. The van der Waals surface area contributed by atoms with E-state index in [-0.39, 0.29) is 29.8 Å². The predicted octanol–water partition coefficient (Wildman–Crippen LogP) is 4.45. The average molecular weight is 464 g/mol. The zero-order chi connectivity index (χ0) is 24.4. The van der Waals surface area contributed by atoms with Gasteiger partial charge >= 0.3 is 0 Å². The Labute approximate surface area is 201 Å². The summed E-state index contributed by atoms with van der Waals surface area (Å²) in [6.45, 7) is 10.7. The number of Topliss-reactive ketones (excluding diaryl/α,β-unsaturated/α-hetero) is 1. The summed E-state index contributed by atoms with van der Waals surface area (Å²) in [5, 5.41) is 11.4. The van der Waals surface area contributed by atoms with Gasteiger partial charge in [-0.15, -0.1) is 0 Å². The molecule has 4 rings (SSSR count). The van der Waals surface area contributed by atoms with Crippen molar-refractivity contribution in [2.24, 2.45) is 10.7 Å². The van der Waals surface area contributed by atoms with Crippen molar-refractivity contribution in [3.05, 3.63) is 46.7 Å². The summed E-state index contributed by atoms with van der Waals surface area (Å²) < 4.78 is 2.18. The molecule has 2 unspecified atom stereocenters. The van der Waals surface area contributed by atoms with E-state index in [0.717, 1.165) is 48.0 Å². The number of nitrogens with two attached hydrogens (primary N) is 1. The highest BCUT2D eigenvalue weighted by Gasteiger charge is 2.24. The molecule has 1 aliphatic carbocycles. The maximum atomic E-state index is 12.1. The van der Waals surface area contributed by atoms with Gasteiger partial charge in [-0.25, -0.2) is 4.99 Å². The van der Waals surface area contributed by atoms with E-state index in [2.05, 4.69) is 47.8 Å². The number of nitrogens with one attached hydrogen (secondary N) is 2. The van der Waals surface area contributed by atoms with Gasteiger partial charge in [0.05, 0.1) is 17.3 Å². The van der Waals surface area contributed by atoms with Gasteiger partial charge in [0.15, 0.2) is 17.1 Å². The monoisotopic (exact) mass is 463 g/mol. The largest absolute Gasteiger partial charge is 0.364 e. The topological polar surface area (TPSA) is 114 Å². The number of carbonyl (C=O) groups excluding carboxylic acids is 1.